The van der Waals surface area contributed by atoms with E-state index < -0.39 is 31.5 Å². The molecular weight excluding hydrogens is 910 g/mol. The number of aromatic hydroxyl groups is 4. The predicted octanol–water partition coefficient (Wildman–Crippen LogP) is 4.82. The van der Waals surface area contributed by atoms with E-state index in [1.54, 1.807) is 62.4 Å². The molecule has 24 heteroatoms. The summed E-state index contributed by atoms with van der Waals surface area (Å²) in [6, 6.07) is 22.3. The van der Waals surface area contributed by atoms with Crippen LogP contribution in [0.2, 0.25) is 10.0 Å². The number of phenols is 2. The monoisotopic (exact) mass is 945 g/mol. The number of para-hydroxylation sites is 2. The molecule has 0 saturated heterocycles. The van der Waals surface area contributed by atoms with Crippen LogP contribution in [-0.4, -0.2) is 93.6 Å². The number of aromatic nitrogens is 4. The Bertz CT molecular complexity index is 2590. The molecule has 0 unspecified atom stereocenters. The first-order valence-electron chi connectivity index (χ1n) is 16.7. The number of halogens is 2. The molecule has 0 spiro atoms. The number of benzene rings is 4. The zero-order chi connectivity index (χ0) is 42.7. The van der Waals surface area contributed by atoms with E-state index in [0.717, 1.165) is 20.7 Å². The van der Waals surface area contributed by atoms with Gasteiger partial charge in [-0.1, -0.05) is 59.6 Å². The number of azo groups is 2. The molecule has 310 valence electrons. The average molecular weight is 947 g/mol. The molecule has 0 atom stereocenters. The molecule has 0 amide bonds. The summed E-state index contributed by atoms with van der Waals surface area (Å²) in [5, 5.41) is 65.2. The van der Waals surface area contributed by atoms with Crippen molar-refractivity contribution in [3.05, 3.63) is 106 Å². The van der Waals surface area contributed by atoms with Gasteiger partial charge in [-0.2, -0.15) is 19.6 Å². The molecule has 2 aromatic heterocycles. The Labute approximate surface area is 388 Å². The van der Waals surface area contributed by atoms with Crippen LogP contribution in [0.5, 0.6) is 23.3 Å². The second kappa shape index (κ2) is 20.5. The molecule has 0 aliphatic rings. The van der Waals surface area contributed by atoms with Gasteiger partial charge in [-0.15, -0.1) is 20.5 Å². The fourth-order valence-electron chi connectivity index (χ4n) is 4.97. The first-order valence-corrected chi connectivity index (χ1v) is 20.3. The van der Waals surface area contributed by atoms with Gasteiger partial charge in [0.05, 0.1) is 32.8 Å². The van der Waals surface area contributed by atoms with Crippen LogP contribution in [-0.2, 0) is 37.4 Å². The Balaban J connectivity index is 0.000000310. The number of hydrogen-bond donors (Lipinski definition) is 4. The van der Waals surface area contributed by atoms with Gasteiger partial charge in [0, 0.05) is 57.7 Å². The zero-order valence-corrected chi connectivity index (χ0v) is 39.4. The number of hydrogen-bond acceptors (Lipinski definition) is 14. The van der Waals surface area contributed by atoms with Crippen LogP contribution < -0.4 is 29.6 Å². The summed E-state index contributed by atoms with van der Waals surface area (Å²) in [6.45, 7) is 3.29. The van der Waals surface area contributed by atoms with E-state index in [0.29, 0.717) is 22.8 Å². The molecule has 0 radical (unpaired) electrons. The number of aryl methyl sites for hydroxylation is 2. The molecule has 0 fully saturated rings. The Kier molecular flexibility index (Phi) is 17.0. The summed E-state index contributed by atoms with van der Waals surface area (Å²) < 4.78 is 53.6. The third kappa shape index (κ3) is 10.7. The molecular formula is C36H36Cl2CrN10NaO8S2+. The van der Waals surface area contributed by atoms with Crippen molar-refractivity contribution < 1.29 is 84.2 Å². The fraction of sp³-hybridized carbons (Fsp3) is 0.167. The van der Waals surface area contributed by atoms with Gasteiger partial charge in [-0.3, -0.25) is 0 Å². The Hall–Kier alpha value is -4.37. The fourth-order valence-corrected chi connectivity index (χ4v) is 7.79. The molecule has 60 heavy (non-hydrogen) atoms. The molecule has 18 nitrogen and oxygen atoms in total. The summed E-state index contributed by atoms with van der Waals surface area (Å²) >= 11 is 12.1. The second-order valence-electron chi connectivity index (χ2n) is 12.5. The molecule has 2 heterocycles. The summed E-state index contributed by atoms with van der Waals surface area (Å²) in [5.74, 6) is -1.30. The average Bonchev–Trinajstić information content (AvgIpc) is 3.63. The first-order chi connectivity index (χ1) is 27.2. The topological polar surface area (TPSA) is 241 Å². The van der Waals surface area contributed by atoms with Gasteiger partial charge in [0.15, 0.2) is 11.4 Å². The van der Waals surface area contributed by atoms with Crippen LogP contribution in [0.1, 0.15) is 11.4 Å². The van der Waals surface area contributed by atoms with Crippen molar-refractivity contribution >= 4 is 66.0 Å². The molecule has 0 aliphatic carbocycles. The van der Waals surface area contributed by atoms with Crippen LogP contribution in [0.25, 0.3) is 11.4 Å². The van der Waals surface area contributed by atoms with Crippen LogP contribution >= 0.6 is 23.2 Å². The summed E-state index contributed by atoms with van der Waals surface area (Å²) in [5.41, 5.74) is 2.19. The Morgan fingerprint density at radius 1 is 0.567 bits per heavy atom. The maximum atomic E-state index is 12.3. The summed E-state index contributed by atoms with van der Waals surface area (Å²) in [6.07, 6.45) is 0. The van der Waals surface area contributed by atoms with E-state index in [1.165, 1.54) is 49.7 Å². The predicted molar refractivity (Wildman–Crippen MR) is 216 cm³/mol. The molecule has 6 aromatic rings. The molecule has 4 N–H and O–H groups in total. The van der Waals surface area contributed by atoms with Crippen LogP contribution in [0.4, 0.5) is 22.7 Å². The van der Waals surface area contributed by atoms with Gasteiger partial charge in [0.1, 0.15) is 32.7 Å². The number of phenolic OH excluding ortho intramolecular Hbond substituents is 2. The SMILES string of the molecule is Cc1nn(-c2ccccc2)c(O)c1N=Nc1cc(Cl)c(S(=O)(=O)N(C)C)cc1O.Cc1nn(-c2ccccc2)c(O)c1N=Nc1cc(Cl)c(S(=O)(=O)N(C)C)cc1O.[Cr].[Na+]. The molecule has 4 aromatic carbocycles. The van der Waals surface area contributed by atoms with Crippen LogP contribution in [0.15, 0.2) is 115 Å². The number of nitrogens with zero attached hydrogens (tertiary/aromatic N) is 10. The van der Waals surface area contributed by atoms with Gasteiger partial charge in [0.25, 0.3) is 0 Å². The molecule has 0 saturated carbocycles. The third-order valence-corrected chi connectivity index (χ3v) is 12.7. The van der Waals surface area contributed by atoms with Crippen molar-refractivity contribution in [2.24, 2.45) is 20.5 Å². The molecule has 6 rings (SSSR count). The van der Waals surface area contributed by atoms with E-state index in [4.69, 9.17) is 23.2 Å². The van der Waals surface area contributed by atoms with Crippen molar-refractivity contribution in [3.63, 3.8) is 0 Å². The van der Waals surface area contributed by atoms with Gasteiger partial charge < -0.3 is 20.4 Å². The maximum absolute atomic E-state index is 12.3. The Morgan fingerprint density at radius 2 is 0.883 bits per heavy atom. The normalized spacial score (nSPS) is 11.8. The Morgan fingerprint density at radius 3 is 1.18 bits per heavy atom. The number of rotatable bonds is 10. The van der Waals surface area contributed by atoms with Crippen molar-refractivity contribution in [2.45, 2.75) is 23.6 Å². The van der Waals surface area contributed by atoms with Crippen molar-refractivity contribution in [1.29, 1.82) is 0 Å². The molecule has 0 bridgehead atoms. The number of sulfonamides is 2. The van der Waals surface area contributed by atoms with Gasteiger partial charge in [-0.05, 0) is 50.2 Å². The van der Waals surface area contributed by atoms with E-state index in [2.05, 4.69) is 30.7 Å². The van der Waals surface area contributed by atoms with E-state index in [1.807, 2.05) is 12.1 Å². The largest absolute Gasteiger partial charge is 1.00 e. The first kappa shape index (κ1) is 50.0. The minimum absolute atomic E-state index is 0. The van der Waals surface area contributed by atoms with Gasteiger partial charge >= 0.3 is 29.6 Å². The zero-order valence-electron chi connectivity index (χ0n) is 33.0. The van der Waals surface area contributed by atoms with E-state index in [9.17, 15) is 37.3 Å². The van der Waals surface area contributed by atoms with Crippen molar-refractivity contribution in [1.82, 2.24) is 28.2 Å². The van der Waals surface area contributed by atoms with Gasteiger partial charge in [0.2, 0.25) is 31.8 Å². The third-order valence-electron chi connectivity index (χ3n) is 8.10. The van der Waals surface area contributed by atoms with E-state index >= 15 is 0 Å². The minimum atomic E-state index is -3.84. The van der Waals surface area contributed by atoms with Crippen LogP contribution in [0.3, 0.4) is 0 Å². The molecule has 0 aliphatic heterocycles. The van der Waals surface area contributed by atoms with E-state index in [-0.39, 0.29) is 101 Å². The van der Waals surface area contributed by atoms with Gasteiger partial charge in [-0.25, -0.2) is 25.4 Å². The maximum Gasteiger partial charge on any atom is 1.00 e. The quantitative estimate of drug-likeness (QED) is 0.108. The minimum Gasteiger partial charge on any atom is -0.506 e. The summed E-state index contributed by atoms with van der Waals surface area (Å²) in [7, 11) is -2.26. The second-order valence-corrected chi connectivity index (χ2v) is 17.6. The standard InChI is InChI=1S/2C18H18ClN5O4S.Cr.Na/c2*1-11-17(18(26)24(22-11)12-7-5-4-6-8-12)21-20-14-9-13(19)16(10-15(14)25)29(27,28)23(2)3;;/h2*4-10,25-26H,1-3H3;;/q;;;+1. The van der Waals surface area contributed by atoms with Crippen molar-refractivity contribution in [2.75, 3.05) is 28.2 Å². The smallest absolute Gasteiger partial charge is 0.506 e. The van der Waals surface area contributed by atoms with Crippen LogP contribution in [0, 0.1) is 13.8 Å². The summed E-state index contributed by atoms with van der Waals surface area (Å²) in [4.78, 5) is -0.506. The van der Waals surface area contributed by atoms with Crippen molar-refractivity contribution in [3.8, 4) is 34.6 Å².